The minimum absolute atomic E-state index is 0.0958. The highest BCUT2D eigenvalue weighted by Gasteiger charge is 2.42. The van der Waals surface area contributed by atoms with Gasteiger partial charge >= 0.3 is 0 Å². The van der Waals surface area contributed by atoms with Crippen molar-refractivity contribution in [2.75, 3.05) is 19.5 Å². The van der Waals surface area contributed by atoms with E-state index in [9.17, 15) is 9.59 Å². The Kier molecular flexibility index (Phi) is 7.45. The molecule has 1 N–H and O–H groups in total. The van der Waals surface area contributed by atoms with Gasteiger partial charge in [-0.2, -0.15) is 0 Å². The smallest absolute Gasteiger partial charge is 0.259 e. The van der Waals surface area contributed by atoms with Crippen molar-refractivity contribution in [3.63, 3.8) is 0 Å². The number of benzene rings is 2. The van der Waals surface area contributed by atoms with Crippen LogP contribution in [0.1, 0.15) is 39.2 Å². The highest BCUT2D eigenvalue weighted by atomic mass is 32.2. The molecule has 0 fully saturated rings. The molecule has 2 amide bonds. The Morgan fingerprint density at radius 2 is 1.94 bits per heavy atom. The van der Waals surface area contributed by atoms with Crippen LogP contribution >= 0.6 is 11.8 Å². The number of thioether (sulfide) groups is 1. The van der Waals surface area contributed by atoms with E-state index in [1.54, 1.807) is 30.2 Å². The molecule has 2 atom stereocenters. The van der Waals surface area contributed by atoms with Gasteiger partial charge in [-0.3, -0.25) is 14.6 Å². The van der Waals surface area contributed by atoms with Crippen LogP contribution in [0.2, 0.25) is 0 Å². The van der Waals surface area contributed by atoms with E-state index in [4.69, 9.17) is 19.5 Å². The summed E-state index contributed by atoms with van der Waals surface area (Å²) in [6.45, 7) is 6.09. The molecule has 2 aliphatic heterocycles. The van der Waals surface area contributed by atoms with E-state index < -0.39 is 11.3 Å². The molecule has 0 radical (unpaired) electrons. The third-order valence-corrected chi connectivity index (χ3v) is 7.14. The molecule has 9 heteroatoms. The van der Waals surface area contributed by atoms with Gasteiger partial charge in [0.05, 0.1) is 30.8 Å². The number of nitrogens with one attached hydrogen (secondary N) is 1. The van der Waals surface area contributed by atoms with Crippen LogP contribution in [-0.4, -0.2) is 53.2 Å². The maximum atomic E-state index is 13.4. The zero-order chi connectivity index (χ0) is 25.1. The molecule has 0 aromatic heterocycles. The van der Waals surface area contributed by atoms with Crippen LogP contribution in [0.4, 0.5) is 11.4 Å². The number of nitrogens with zero attached hydrogens (tertiary/aromatic N) is 3. The largest absolute Gasteiger partial charge is 0.497 e. The van der Waals surface area contributed by atoms with Crippen LogP contribution in [0.15, 0.2) is 52.4 Å². The normalized spacial score (nSPS) is 17.4. The zero-order valence-electron chi connectivity index (χ0n) is 20.6. The van der Waals surface area contributed by atoms with E-state index in [1.165, 1.54) is 18.9 Å². The third-order valence-electron chi connectivity index (χ3n) is 5.82. The minimum Gasteiger partial charge on any atom is -0.497 e. The summed E-state index contributed by atoms with van der Waals surface area (Å²) in [6.07, 6.45) is 1.20. The second-order valence-corrected chi connectivity index (χ2v) is 9.92. The van der Waals surface area contributed by atoms with Crippen LogP contribution in [0, 0.1) is 5.92 Å². The van der Waals surface area contributed by atoms with E-state index >= 15 is 0 Å². The van der Waals surface area contributed by atoms with Gasteiger partial charge in [0.25, 0.3) is 5.91 Å². The number of anilines is 1. The minimum atomic E-state index is -0.482. The SMILES string of the molecule is CCC(SC1=Nc2ccccc2C2=NC(CC(C)C)C(=O)N12)C(=O)Nc1ccc(OC)cc1OC. The average Bonchev–Trinajstić information content (AvgIpc) is 3.18. The van der Waals surface area contributed by atoms with Gasteiger partial charge in [-0.15, -0.1) is 0 Å². The van der Waals surface area contributed by atoms with Crippen LogP contribution in [0.25, 0.3) is 0 Å². The highest BCUT2D eigenvalue weighted by Crippen LogP contribution is 2.37. The summed E-state index contributed by atoms with van der Waals surface area (Å²) in [6, 6.07) is 12.4. The number of hydrogen-bond acceptors (Lipinski definition) is 7. The molecule has 184 valence electrons. The van der Waals surface area contributed by atoms with Crippen molar-refractivity contribution in [2.24, 2.45) is 15.9 Å². The number of fused-ring (bicyclic) bond motifs is 3. The molecule has 2 aromatic rings. The lowest BCUT2D eigenvalue weighted by Crippen LogP contribution is -2.42. The summed E-state index contributed by atoms with van der Waals surface area (Å²) in [5, 5.41) is 2.94. The lowest BCUT2D eigenvalue weighted by atomic mass is 10.0. The molecular weight excluding hydrogens is 464 g/mol. The van der Waals surface area contributed by atoms with Gasteiger partial charge in [0.2, 0.25) is 5.91 Å². The summed E-state index contributed by atoms with van der Waals surface area (Å²) < 4.78 is 10.6. The number of amidine groups is 2. The lowest BCUT2D eigenvalue weighted by molar-refractivity contribution is -0.125. The van der Waals surface area contributed by atoms with Crippen molar-refractivity contribution in [3.05, 3.63) is 48.0 Å². The van der Waals surface area contributed by atoms with Gasteiger partial charge in [0.15, 0.2) is 5.17 Å². The van der Waals surface area contributed by atoms with Gasteiger partial charge in [0, 0.05) is 11.6 Å². The van der Waals surface area contributed by atoms with Gasteiger partial charge in [-0.1, -0.05) is 44.7 Å². The van der Waals surface area contributed by atoms with Crippen molar-refractivity contribution in [2.45, 2.75) is 44.9 Å². The number of rotatable bonds is 8. The van der Waals surface area contributed by atoms with Gasteiger partial charge in [-0.25, -0.2) is 9.89 Å². The zero-order valence-corrected chi connectivity index (χ0v) is 21.4. The predicted octanol–water partition coefficient (Wildman–Crippen LogP) is 4.86. The van der Waals surface area contributed by atoms with E-state index in [0.29, 0.717) is 46.9 Å². The van der Waals surface area contributed by atoms with Crippen molar-refractivity contribution >= 4 is 46.0 Å². The molecule has 0 aliphatic carbocycles. The number of para-hydroxylation sites is 1. The molecule has 2 unspecified atom stereocenters. The first-order chi connectivity index (χ1) is 16.9. The van der Waals surface area contributed by atoms with Crippen LogP contribution in [0.3, 0.4) is 0 Å². The molecule has 35 heavy (non-hydrogen) atoms. The first-order valence-electron chi connectivity index (χ1n) is 11.7. The van der Waals surface area contributed by atoms with E-state index in [1.807, 2.05) is 31.2 Å². The molecule has 8 nitrogen and oxygen atoms in total. The monoisotopic (exact) mass is 494 g/mol. The van der Waals surface area contributed by atoms with Crippen LogP contribution < -0.4 is 14.8 Å². The number of ether oxygens (including phenoxy) is 2. The summed E-state index contributed by atoms with van der Waals surface area (Å²) in [5.41, 5.74) is 2.12. The van der Waals surface area contributed by atoms with E-state index in [2.05, 4.69) is 19.2 Å². The van der Waals surface area contributed by atoms with Crippen molar-refractivity contribution in [3.8, 4) is 11.5 Å². The van der Waals surface area contributed by atoms with Gasteiger partial charge in [0.1, 0.15) is 23.4 Å². The Hall–Kier alpha value is -3.33. The van der Waals surface area contributed by atoms with Gasteiger partial charge in [-0.05, 0) is 43.0 Å². The lowest BCUT2D eigenvalue weighted by Gasteiger charge is -2.27. The first-order valence-corrected chi connectivity index (χ1v) is 12.5. The fourth-order valence-corrected chi connectivity index (χ4v) is 5.07. The van der Waals surface area contributed by atoms with Crippen molar-refractivity contribution < 1.29 is 19.1 Å². The maximum Gasteiger partial charge on any atom is 0.259 e. The average molecular weight is 495 g/mol. The second kappa shape index (κ2) is 10.5. The summed E-state index contributed by atoms with van der Waals surface area (Å²) in [4.78, 5) is 37.8. The summed E-state index contributed by atoms with van der Waals surface area (Å²) >= 11 is 1.28. The number of hydrogen-bond donors (Lipinski definition) is 1. The second-order valence-electron chi connectivity index (χ2n) is 8.75. The van der Waals surface area contributed by atoms with Crippen molar-refractivity contribution in [1.82, 2.24) is 4.90 Å². The van der Waals surface area contributed by atoms with Crippen LogP contribution in [0.5, 0.6) is 11.5 Å². The molecule has 2 heterocycles. The number of amides is 2. The topological polar surface area (TPSA) is 92.6 Å². The Bertz CT molecular complexity index is 1190. The predicted molar refractivity (Wildman–Crippen MR) is 140 cm³/mol. The number of carbonyl (C=O) groups is 2. The molecule has 2 aliphatic rings. The quantitative estimate of drug-likeness (QED) is 0.566. The fourth-order valence-electron chi connectivity index (χ4n) is 4.05. The number of aliphatic imine (C=N–C) groups is 2. The number of methoxy groups -OCH3 is 2. The Balaban J connectivity index is 1.60. The molecular formula is C26H30N4O4S. The first kappa shape index (κ1) is 24.8. The highest BCUT2D eigenvalue weighted by molar-refractivity contribution is 8.15. The maximum absolute atomic E-state index is 13.4. The molecule has 0 saturated heterocycles. The molecule has 0 bridgehead atoms. The van der Waals surface area contributed by atoms with Crippen LogP contribution in [-0.2, 0) is 9.59 Å². The molecule has 0 saturated carbocycles. The van der Waals surface area contributed by atoms with Crippen molar-refractivity contribution in [1.29, 1.82) is 0 Å². The third kappa shape index (κ3) is 5.05. The molecule has 4 rings (SSSR count). The fraction of sp³-hybridized carbons (Fsp3) is 0.385. The Morgan fingerprint density at radius 3 is 2.63 bits per heavy atom. The number of carbonyl (C=O) groups excluding carboxylic acids is 2. The Labute approximate surface area is 209 Å². The van der Waals surface area contributed by atoms with E-state index in [0.717, 1.165) is 11.3 Å². The summed E-state index contributed by atoms with van der Waals surface area (Å²) in [7, 11) is 3.11. The Morgan fingerprint density at radius 1 is 1.17 bits per heavy atom. The standard InChI is InChI=1S/C26H30N4O4S/c1-6-22(24(31)28-19-12-11-16(33-4)14-21(19)34-5)35-26-29-18-10-8-7-9-17(18)23-27-20(13-15(2)3)25(32)30(23)26/h7-12,14-15,20,22H,6,13H2,1-5H3,(H,28,31). The molecule has 2 aromatic carbocycles. The van der Waals surface area contributed by atoms with E-state index in [-0.39, 0.29) is 11.8 Å². The summed E-state index contributed by atoms with van der Waals surface area (Å²) in [5.74, 6) is 1.77. The van der Waals surface area contributed by atoms with Gasteiger partial charge < -0.3 is 14.8 Å². The molecule has 0 spiro atoms.